The van der Waals surface area contributed by atoms with Crippen molar-refractivity contribution < 1.29 is 28.2 Å². The van der Waals surface area contributed by atoms with Gasteiger partial charge in [-0.15, -0.1) is 0 Å². The lowest BCUT2D eigenvalue weighted by Gasteiger charge is -2.32. The third kappa shape index (κ3) is 5.30. The highest BCUT2D eigenvalue weighted by Crippen LogP contribution is 2.36. The number of pyridine rings is 1. The second-order valence-corrected chi connectivity index (χ2v) is 10.1. The van der Waals surface area contributed by atoms with E-state index in [0.717, 1.165) is 22.3 Å². The van der Waals surface area contributed by atoms with Crippen molar-refractivity contribution in [2.45, 2.75) is 25.6 Å². The van der Waals surface area contributed by atoms with Gasteiger partial charge in [-0.05, 0) is 42.0 Å². The zero-order valence-corrected chi connectivity index (χ0v) is 23.1. The molecule has 41 heavy (non-hydrogen) atoms. The number of benzene rings is 2. The van der Waals surface area contributed by atoms with Gasteiger partial charge >= 0.3 is 0 Å². The van der Waals surface area contributed by atoms with Gasteiger partial charge in [0.2, 0.25) is 5.91 Å². The normalized spacial score (nSPS) is 16.4. The molecule has 2 aromatic carbocycles. The van der Waals surface area contributed by atoms with E-state index in [9.17, 15) is 9.59 Å². The Hall–Kier alpha value is -4.57. The first-order valence-corrected chi connectivity index (χ1v) is 13.6. The Morgan fingerprint density at radius 3 is 2.59 bits per heavy atom. The van der Waals surface area contributed by atoms with E-state index in [2.05, 4.69) is 10.2 Å². The summed E-state index contributed by atoms with van der Waals surface area (Å²) in [6, 6.07) is 16.4. The number of anilines is 1. The lowest BCUT2D eigenvalue weighted by molar-refractivity contribution is -0.133. The highest BCUT2D eigenvalue weighted by Gasteiger charge is 2.32. The lowest BCUT2D eigenvalue weighted by atomic mass is 10.0. The number of rotatable bonds is 9. The highest BCUT2D eigenvalue weighted by atomic mass is 16.5. The fourth-order valence-corrected chi connectivity index (χ4v) is 5.56. The van der Waals surface area contributed by atoms with Crippen molar-refractivity contribution in [1.82, 2.24) is 15.2 Å². The largest absolute Gasteiger partial charge is 0.496 e. The molecule has 1 saturated heterocycles. The first-order chi connectivity index (χ1) is 20.1. The molecule has 4 aromatic rings. The van der Waals surface area contributed by atoms with Crippen molar-refractivity contribution in [2.75, 3.05) is 45.4 Å². The van der Waals surface area contributed by atoms with E-state index in [-0.39, 0.29) is 31.3 Å². The number of hydrogen-bond donors (Lipinski definition) is 1. The molecule has 2 aromatic heterocycles. The molecule has 0 bridgehead atoms. The Morgan fingerprint density at radius 2 is 1.83 bits per heavy atom. The van der Waals surface area contributed by atoms with Gasteiger partial charge in [-0.1, -0.05) is 18.2 Å². The van der Waals surface area contributed by atoms with E-state index in [1.54, 1.807) is 37.5 Å². The van der Waals surface area contributed by atoms with E-state index >= 15 is 0 Å². The molecule has 0 spiro atoms. The minimum atomic E-state index is -0.400. The van der Waals surface area contributed by atoms with Crippen LogP contribution in [0.15, 0.2) is 65.3 Å². The molecule has 1 N–H and O–H groups in total. The molecular formula is C31H32N4O6. The molecule has 0 aliphatic carbocycles. The van der Waals surface area contributed by atoms with Gasteiger partial charge in [-0.3, -0.25) is 9.59 Å². The standard InChI is InChI=1S/C31H32N4O6/c1-38-26-9-10-27(39-2)29-24(26)16-20(30(33-29)34-11-14-40-15-12-34)18-35(19-21-6-5-13-41-21)28(36)17-25-22-7-3-4-8-23(22)31(37)32-25/h3-10,13,16,25H,11-12,14-15,17-19H2,1-2H3,(H,32,37). The number of ether oxygens (including phenoxy) is 3. The van der Waals surface area contributed by atoms with Crippen molar-refractivity contribution >= 4 is 28.5 Å². The minimum absolute atomic E-state index is 0.117. The summed E-state index contributed by atoms with van der Waals surface area (Å²) >= 11 is 0. The van der Waals surface area contributed by atoms with Crippen LogP contribution in [0.1, 0.15) is 39.7 Å². The smallest absolute Gasteiger partial charge is 0.252 e. The Bertz CT molecular complexity index is 1560. The Kier molecular flexibility index (Phi) is 7.47. The zero-order valence-electron chi connectivity index (χ0n) is 23.1. The summed E-state index contributed by atoms with van der Waals surface area (Å²) in [5.41, 5.74) is 2.99. The van der Waals surface area contributed by atoms with E-state index in [4.69, 9.17) is 23.6 Å². The third-order valence-corrected chi connectivity index (χ3v) is 7.62. The van der Waals surface area contributed by atoms with E-state index < -0.39 is 6.04 Å². The Labute approximate surface area is 237 Å². The van der Waals surface area contributed by atoms with E-state index in [0.29, 0.717) is 54.6 Å². The van der Waals surface area contributed by atoms with Crippen LogP contribution in [0, 0.1) is 0 Å². The molecule has 1 fully saturated rings. The van der Waals surface area contributed by atoms with Crippen LogP contribution in [0.25, 0.3) is 10.9 Å². The fourth-order valence-electron chi connectivity index (χ4n) is 5.56. The Morgan fingerprint density at radius 1 is 1.05 bits per heavy atom. The van der Waals surface area contributed by atoms with Crippen LogP contribution < -0.4 is 19.7 Å². The molecule has 0 saturated carbocycles. The molecule has 4 heterocycles. The molecule has 10 nitrogen and oxygen atoms in total. The molecule has 1 unspecified atom stereocenters. The molecule has 212 valence electrons. The first-order valence-electron chi connectivity index (χ1n) is 13.6. The van der Waals surface area contributed by atoms with Gasteiger partial charge in [-0.2, -0.15) is 0 Å². The summed E-state index contributed by atoms with van der Waals surface area (Å²) in [6.07, 6.45) is 1.72. The van der Waals surface area contributed by atoms with Crippen molar-refractivity contribution in [3.05, 3.63) is 83.3 Å². The van der Waals surface area contributed by atoms with Crippen LogP contribution in [0.2, 0.25) is 0 Å². The monoisotopic (exact) mass is 556 g/mol. The van der Waals surface area contributed by atoms with Gasteiger partial charge in [-0.25, -0.2) is 4.98 Å². The number of fused-ring (bicyclic) bond motifs is 2. The number of nitrogens with zero attached hydrogens (tertiary/aromatic N) is 3. The number of hydrogen-bond acceptors (Lipinski definition) is 8. The highest BCUT2D eigenvalue weighted by molar-refractivity contribution is 5.99. The van der Waals surface area contributed by atoms with Crippen molar-refractivity contribution in [1.29, 1.82) is 0 Å². The van der Waals surface area contributed by atoms with Crippen molar-refractivity contribution in [3.63, 3.8) is 0 Å². The second-order valence-electron chi connectivity index (χ2n) is 10.1. The average Bonchev–Trinajstić information content (AvgIpc) is 3.64. The SMILES string of the molecule is COc1ccc(OC)c2nc(N3CCOCC3)c(CN(Cc3ccco3)C(=O)CC3NC(=O)c4ccccc43)cc12. The minimum Gasteiger partial charge on any atom is -0.496 e. The maximum atomic E-state index is 14.0. The van der Waals surface area contributed by atoms with Crippen LogP contribution >= 0.6 is 0 Å². The third-order valence-electron chi connectivity index (χ3n) is 7.62. The topological polar surface area (TPSA) is 106 Å². The van der Waals surface area contributed by atoms with Crippen molar-refractivity contribution in [2.24, 2.45) is 0 Å². The number of methoxy groups -OCH3 is 2. The van der Waals surface area contributed by atoms with E-state index in [1.165, 1.54) is 0 Å². The summed E-state index contributed by atoms with van der Waals surface area (Å²) in [7, 11) is 3.24. The quantitative estimate of drug-likeness (QED) is 0.329. The van der Waals surface area contributed by atoms with Crippen LogP contribution in [0.3, 0.4) is 0 Å². The number of morpholine rings is 1. The fraction of sp³-hybridized carbons (Fsp3) is 0.323. The molecule has 0 radical (unpaired) electrons. The Balaban J connectivity index is 1.39. The predicted octanol–water partition coefficient (Wildman–Crippen LogP) is 4.09. The van der Waals surface area contributed by atoms with E-state index in [1.807, 2.05) is 42.5 Å². The molecule has 2 amide bonds. The number of carbonyl (C=O) groups excluding carboxylic acids is 2. The van der Waals surface area contributed by atoms with Gasteiger partial charge < -0.3 is 33.7 Å². The maximum Gasteiger partial charge on any atom is 0.252 e. The van der Waals surface area contributed by atoms with Gasteiger partial charge in [0.15, 0.2) is 0 Å². The molecule has 2 aliphatic heterocycles. The maximum absolute atomic E-state index is 14.0. The predicted molar refractivity (Wildman–Crippen MR) is 152 cm³/mol. The van der Waals surface area contributed by atoms with Crippen LogP contribution in [-0.4, -0.2) is 62.2 Å². The van der Waals surface area contributed by atoms with Gasteiger partial charge in [0.25, 0.3) is 5.91 Å². The number of carbonyl (C=O) groups is 2. The summed E-state index contributed by atoms with van der Waals surface area (Å²) in [4.78, 5) is 35.5. The molecule has 6 rings (SSSR count). The number of aromatic nitrogens is 1. The van der Waals surface area contributed by atoms with Crippen molar-refractivity contribution in [3.8, 4) is 11.5 Å². The summed E-state index contributed by atoms with van der Waals surface area (Å²) in [5.74, 6) is 2.46. The van der Waals surface area contributed by atoms with Crippen LogP contribution in [0.4, 0.5) is 5.82 Å². The number of furan rings is 1. The molecular weight excluding hydrogens is 524 g/mol. The van der Waals surface area contributed by atoms with Crippen LogP contribution in [-0.2, 0) is 22.6 Å². The summed E-state index contributed by atoms with van der Waals surface area (Å²) in [5, 5.41) is 3.76. The first kappa shape index (κ1) is 26.6. The molecule has 1 atom stereocenters. The zero-order chi connectivity index (χ0) is 28.3. The molecule has 2 aliphatic rings. The van der Waals surface area contributed by atoms with Crippen LogP contribution in [0.5, 0.6) is 11.5 Å². The van der Waals surface area contributed by atoms with Gasteiger partial charge in [0.05, 0.1) is 52.7 Å². The summed E-state index contributed by atoms with van der Waals surface area (Å²) < 4.78 is 22.6. The number of amides is 2. The number of nitrogens with one attached hydrogen (secondary N) is 1. The molecule has 10 heteroatoms. The lowest BCUT2D eigenvalue weighted by Crippen LogP contribution is -2.38. The van der Waals surface area contributed by atoms with Gasteiger partial charge in [0.1, 0.15) is 28.6 Å². The van der Waals surface area contributed by atoms with Gasteiger partial charge in [0, 0.05) is 36.1 Å². The summed E-state index contributed by atoms with van der Waals surface area (Å²) in [6.45, 7) is 3.07. The second kappa shape index (κ2) is 11.5. The average molecular weight is 557 g/mol.